The molecule has 1 aliphatic carbocycles. The standard InChI is InChI=1S/C13H17BrF3NS/c1-8(11-5-6-12(14)19-11)18-10-4-2-3-9(7-10)13(15,16)17/h5-6,8-10,18H,2-4,7H2,1H3. The van der Waals surface area contributed by atoms with Gasteiger partial charge in [-0.25, -0.2) is 0 Å². The molecule has 0 amide bonds. The molecule has 0 radical (unpaired) electrons. The molecule has 3 atom stereocenters. The van der Waals surface area contributed by atoms with Gasteiger partial charge >= 0.3 is 6.18 Å². The van der Waals surface area contributed by atoms with Gasteiger partial charge in [0.05, 0.1) is 9.70 Å². The SMILES string of the molecule is CC(NC1CCCC(C(F)(F)F)C1)c1ccc(Br)s1. The van der Waals surface area contributed by atoms with E-state index in [1.165, 1.54) is 0 Å². The minimum Gasteiger partial charge on any atom is -0.307 e. The summed E-state index contributed by atoms with van der Waals surface area (Å²) in [5.41, 5.74) is 0. The summed E-state index contributed by atoms with van der Waals surface area (Å²) in [6, 6.07) is 4.05. The molecule has 1 aliphatic rings. The molecule has 1 fully saturated rings. The number of alkyl halides is 3. The highest BCUT2D eigenvalue weighted by Crippen LogP contribution is 2.38. The lowest BCUT2D eigenvalue weighted by atomic mass is 9.85. The van der Waals surface area contributed by atoms with Crippen molar-refractivity contribution in [3.63, 3.8) is 0 Å². The number of nitrogens with one attached hydrogen (secondary N) is 1. The number of thiophene rings is 1. The lowest BCUT2D eigenvalue weighted by Gasteiger charge is -2.32. The average molecular weight is 356 g/mol. The van der Waals surface area contributed by atoms with Crippen LogP contribution >= 0.6 is 27.3 Å². The molecule has 1 aromatic heterocycles. The molecule has 108 valence electrons. The summed E-state index contributed by atoms with van der Waals surface area (Å²) >= 11 is 5.03. The summed E-state index contributed by atoms with van der Waals surface area (Å²) in [5.74, 6) is -1.14. The van der Waals surface area contributed by atoms with Crippen molar-refractivity contribution in [2.75, 3.05) is 0 Å². The minimum absolute atomic E-state index is 0.0312. The summed E-state index contributed by atoms with van der Waals surface area (Å²) in [6.07, 6.45) is -2.07. The molecular formula is C13H17BrF3NS. The molecule has 2 rings (SSSR count). The lowest BCUT2D eigenvalue weighted by Crippen LogP contribution is -2.39. The number of hydrogen-bond acceptors (Lipinski definition) is 2. The molecule has 1 saturated carbocycles. The first-order valence-electron chi connectivity index (χ1n) is 6.44. The Kier molecular flexibility index (Phi) is 4.95. The first kappa shape index (κ1) is 15.3. The van der Waals surface area contributed by atoms with Gasteiger partial charge in [-0.15, -0.1) is 11.3 Å². The maximum absolute atomic E-state index is 12.7. The van der Waals surface area contributed by atoms with E-state index >= 15 is 0 Å². The maximum Gasteiger partial charge on any atom is 0.391 e. The predicted molar refractivity (Wildman–Crippen MR) is 75.4 cm³/mol. The van der Waals surface area contributed by atoms with Gasteiger partial charge in [0, 0.05) is 17.0 Å². The van der Waals surface area contributed by atoms with Crippen molar-refractivity contribution in [3.8, 4) is 0 Å². The quantitative estimate of drug-likeness (QED) is 0.777. The van der Waals surface area contributed by atoms with Crippen LogP contribution in [0.1, 0.15) is 43.5 Å². The van der Waals surface area contributed by atoms with Crippen LogP contribution in [0.25, 0.3) is 0 Å². The molecule has 6 heteroatoms. The molecule has 1 N–H and O–H groups in total. The van der Waals surface area contributed by atoms with Crippen molar-refractivity contribution in [1.82, 2.24) is 5.32 Å². The zero-order chi connectivity index (χ0) is 14.0. The van der Waals surface area contributed by atoms with Crippen LogP contribution in [0.3, 0.4) is 0 Å². The van der Waals surface area contributed by atoms with Gasteiger partial charge in [-0.3, -0.25) is 0 Å². The van der Waals surface area contributed by atoms with Crippen molar-refractivity contribution >= 4 is 27.3 Å². The molecule has 0 aromatic carbocycles. The maximum atomic E-state index is 12.7. The van der Waals surface area contributed by atoms with Gasteiger partial charge in [0.25, 0.3) is 0 Å². The minimum atomic E-state index is -4.05. The van der Waals surface area contributed by atoms with Gasteiger partial charge in [-0.05, 0) is 54.2 Å². The van der Waals surface area contributed by atoms with Gasteiger partial charge in [-0.2, -0.15) is 13.2 Å². The van der Waals surface area contributed by atoms with Gasteiger partial charge in [0.1, 0.15) is 0 Å². The third-order valence-corrected chi connectivity index (χ3v) is 5.45. The van der Waals surface area contributed by atoms with Gasteiger partial charge in [-0.1, -0.05) is 6.42 Å². The van der Waals surface area contributed by atoms with E-state index < -0.39 is 12.1 Å². The van der Waals surface area contributed by atoms with Crippen molar-refractivity contribution in [3.05, 3.63) is 20.8 Å². The number of halogens is 4. The largest absolute Gasteiger partial charge is 0.391 e. The number of hydrogen-bond donors (Lipinski definition) is 1. The zero-order valence-electron chi connectivity index (χ0n) is 10.6. The first-order valence-corrected chi connectivity index (χ1v) is 8.05. The highest BCUT2D eigenvalue weighted by molar-refractivity contribution is 9.11. The van der Waals surface area contributed by atoms with E-state index in [1.54, 1.807) is 11.3 Å². The second-order valence-corrected chi connectivity index (χ2v) is 7.63. The highest BCUT2D eigenvalue weighted by Gasteiger charge is 2.42. The van der Waals surface area contributed by atoms with E-state index in [2.05, 4.69) is 21.2 Å². The second kappa shape index (κ2) is 6.14. The summed E-state index contributed by atoms with van der Waals surface area (Å²) in [4.78, 5) is 1.15. The van der Waals surface area contributed by atoms with Crippen molar-refractivity contribution < 1.29 is 13.2 Å². The zero-order valence-corrected chi connectivity index (χ0v) is 13.0. The smallest absolute Gasteiger partial charge is 0.307 e. The Morgan fingerprint density at radius 1 is 1.37 bits per heavy atom. The fourth-order valence-corrected chi connectivity index (χ4v) is 4.07. The molecule has 0 saturated heterocycles. The topological polar surface area (TPSA) is 12.0 Å². The highest BCUT2D eigenvalue weighted by atomic mass is 79.9. The van der Waals surface area contributed by atoms with E-state index in [0.29, 0.717) is 6.42 Å². The van der Waals surface area contributed by atoms with E-state index in [1.807, 2.05) is 19.1 Å². The van der Waals surface area contributed by atoms with Crippen molar-refractivity contribution in [1.29, 1.82) is 0 Å². The molecule has 19 heavy (non-hydrogen) atoms. The van der Waals surface area contributed by atoms with E-state index in [4.69, 9.17) is 0 Å². The van der Waals surface area contributed by atoms with Crippen LogP contribution in [0.5, 0.6) is 0 Å². The Bertz CT molecular complexity index is 418. The molecule has 3 unspecified atom stereocenters. The summed E-state index contributed by atoms with van der Waals surface area (Å²) in [6.45, 7) is 2.01. The molecule has 1 heterocycles. The molecule has 1 nitrogen and oxygen atoms in total. The third-order valence-electron chi connectivity index (χ3n) is 3.64. The van der Waals surface area contributed by atoms with Crippen LogP contribution in [0.4, 0.5) is 13.2 Å². The van der Waals surface area contributed by atoms with E-state index in [9.17, 15) is 13.2 Å². The summed E-state index contributed by atoms with van der Waals surface area (Å²) in [7, 11) is 0. The summed E-state index contributed by atoms with van der Waals surface area (Å²) < 4.78 is 39.3. The Balaban J connectivity index is 1.92. The second-order valence-electron chi connectivity index (χ2n) is 5.13. The normalized spacial score (nSPS) is 26.4. The molecule has 1 aromatic rings. The van der Waals surface area contributed by atoms with Crippen LogP contribution in [-0.4, -0.2) is 12.2 Å². The summed E-state index contributed by atoms with van der Waals surface area (Å²) in [5, 5.41) is 3.34. The average Bonchev–Trinajstić information content (AvgIpc) is 2.75. The van der Waals surface area contributed by atoms with Gasteiger partial charge < -0.3 is 5.32 Å². The Morgan fingerprint density at radius 3 is 2.68 bits per heavy atom. The molecular weight excluding hydrogens is 339 g/mol. The predicted octanol–water partition coefficient (Wildman–Crippen LogP) is 5.28. The first-order chi connectivity index (χ1) is 8.86. The Morgan fingerprint density at radius 2 is 2.11 bits per heavy atom. The lowest BCUT2D eigenvalue weighted by molar-refractivity contribution is -0.183. The molecule has 0 aliphatic heterocycles. The van der Waals surface area contributed by atoms with Crippen LogP contribution < -0.4 is 5.32 Å². The van der Waals surface area contributed by atoms with Crippen molar-refractivity contribution in [2.24, 2.45) is 5.92 Å². The fraction of sp³-hybridized carbons (Fsp3) is 0.692. The molecule has 0 bridgehead atoms. The Hall–Kier alpha value is -0.0700. The monoisotopic (exact) mass is 355 g/mol. The van der Waals surface area contributed by atoms with Crippen molar-refractivity contribution in [2.45, 2.75) is 50.9 Å². The Labute approximate surface area is 123 Å². The number of rotatable bonds is 3. The van der Waals surface area contributed by atoms with Crippen LogP contribution in [0.2, 0.25) is 0 Å². The third kappa shape index (κ3) is 4.20. The van der Waals surface area contributed by atoms with Gasteiger partial charge in [0.15, 0.2) is 0 Å². The molecule has 0 spiro atoms. The van der Waals surface area contributed by atoms with E-state index in [0.717, 1.165) is 15.1 Å². The van der Waals surface area contributed by atoms with Crippen LogP contribution in [0.15, 0.2) is 15.9 Å². The van der Waals surface area contributed by atoms with Crippen LogP contribution in [-0.2, 0) is 0 Å². The fourth-order valence-electron chi connectivity index (χ4n) is 2.64. The van der Waals surface area contributed by atoms with Crippen LogP contribution in [0, 0.1) is 5.92 Å². The van der Waals surface area contributed by atoms with Gasteiger partial charge in [0.2, 0.25) is 0 Å². The van der Waals surface area contributed by atoms with E-state index in [-0.39, 0.29) is 24.9 Å².